The van der Waals surface area contributed by atoms with Crippen molar-refractivity contribution < 1.29 is 4.79 Å². The molecule has 5 heteroatoms. The fraction of sp³-hybridized carbons (Fsp3) is 0.348. The number of rotatable bonds is 3. The monoisotopic (exact) mass is 374 g/mol. The number of hydrogen-bond acceptors (Lipinski definition) is 3. The molecule has 2 N–H and O–H groups in total. The maximum atomic E-state index is 12.4. The van der Waals surface area contributed by atoms with E-state index in [-0.39, 0.29) is 5.91 Å². The van der Waals surface area contributed by atoms with Gasteiger partial charge in [0.05, 0.1) is 0 Å². The van der Waals surface area contributed by atoms with Crippen LogP contribution >= 0.6 is 0 Å². The van der Waals surface area contributed by atoms with E-state index in [4.69, 9.17) is 0 Å². The van der Waals surface area contributed by atoms with Gasteiger partial charge in [-0.25, -0.2) is 0 Å². The average molecular weight is 374 g/mol. The van der Waals surface area contributed by atoms with Crippen LogP contribution < -0.4 is 10.2 Å². The molecule has 0 bridgehead atoms. The van der Waals surface area contributed by atoms with Gasteiger partial charge in [0.1, 0.15) is 0 Å². The number of aromatic amines is 1. The second-order valence-corrected chi connectivity index (χ2v) is 7.68. The van der Waals surface area contributed by atoms with Crippen LogP contribution in [0, 0.1) is 0 Å². The van der Waals surface area contributed by atoms with E-state index < -0.39 is 0 Å². The molecule has 5 rings (SSSR count). The summed E-state index contributed by atoms with van der Waals surface area (Å²) in [6.07, 6.45) is 0.846. The van der Waals surface area contributed by atoms with Crippen LogP contribution in [-0.2, 0) is 6.42 Å². The molecule has 0 unspecified atom stereocenters. The van der Waals surface area contributed by atoms with Crippen LogP contribution in [0.15, 0.2) is 42.5 Å². The van der Waals surface area contributed by atoms with Gasteiger partial charge < -0.3 is 20.1 Å². The van der Waals surface area contributed by atoms with Crippen LogP contribution in [0.4, 0.5) is 5.69 Å². The van der Waals surface area contributed by atoms with E-state index in [1.807, 2.05) is 12.1 Å². The highest BCUT2D eigenvalue weighted by molar-refractivity contribution is 6.10. The third kappa shape index (κ3) is 2.87. The highest BCUT2D eigenvalue weighted by atomic mass is 16.1. The standard InChI is InChI=1S/C23H26N4O/c1-2-26-12-14-27(15-13-26)17-8-6-16(7-9-17)22-18-10-11-24-23(28)19-4-3-5-20(25-22)21(18)19/h3-9,25H,2,10-15H2,1H3,(H,24,28). The van der Waals surface area contributed by atoms with Crippen molar-refractivity contribution in [2.45, 2.75) is 13.3 Å². The summed E-state index contributed by atoms with van der Waals surface area (Å²) in [5.74, 6) is 0.0245. The Morgan fingerprint density at radius 3 is 2.54 bits per heavy atom. The Bertz CT molecular complexity index is 1010. The van der Waals surface area contributed by atoms with Crippen molar-refractivity contribution in [3.8, 4) is 11.3 Å². The first kappa shape index (κ1) is 17.3. The zero-order valence-electron chi connectivity index (χ0n) is 16.3. The number of likely N-dealkylation sites (N-methyl/N-ethyl adjacent to an activating group) is 1. The van der Waals surface area contributed by atoms with Crippen LogP contribution in [0.1, 0.15) is 22.8 Å². The van der Waals surface area contributed by atoms with Gasteiger partial charge in [0.15, 0.2) is 0 Å². The molecular weight excluding hydrogens is 348 g/mol. The molecule has 0 atom stereocenters. The molecule has 0 aliphatic carbocycles. The van der Waals surface area contributed by atoms with Gasteiger partial charge >= 0.3 is 0 Å². The summed E-state index contributed by atoms with van der Waals surface area (Å²) in [6.45, 7) is 8.48. The number of amides is 1. The number of nitrogens with one attached hydrogen (secondary N) is 2. The minimum Gasteiger partial charge on any atom is -0.369 e. The molecule has 1 fully saturated rings. The van der Waals surface area contributed by atoms with E-state index in [1.165, 1.54) is 16.8 Å². The molecule has 1 saturated heterocycles. The Labute approximate surface area is 165 Å². The number of aromatic nitrogens is 1. The van der Waals surface area contributed by atoms with Crippen LogP contribution in [0.2, 0.25) is 0 Å². The van der Waals surface area contributed by atoms with Gasteiger partial charge in [0, 0.05) is 60.6 Å². The summed E-state index contributed by atoms with van der Waals surface area (Å²) < 4.78 is 0. The number of hydrogen-bond donors (Lipinski definition) is 2. The predicted molar refractivity (Wildman–Crippen MR) is 114 cm³/mol. The van der Waals surface area contributed by atoms with Crippen LogP contribution in [0.5, 0.6) is 0 Å². The van der Waals surface area contributed by atoms with E-state index in [9.17, 15) is 4.79 Å². The fourth-order valence-corrected chi connectivity index (χ4v) is 4.56. The van der Waals surface area contributed by atoms with Crippen LogP contribution in [0.3, 0.4) is 0 Å². The zero-order chi connectivity index (χ0) is 19.1. The first-order chi connectivity index (χ1) is 13.7. The Hall–Kier alpha value is -2.79. The van der Waals surface area contributed by atoms with E-state index in [2.05, 4.69) is 57.4 Å². The molecule has 5 nitrogen and oxygen atoms in total. The smallest absolute Gasteiger partial charge is 0.251 e. The van der Waals surface area contributed by atoms with Crippen molar-refractivity contribution in [1.29, 1.82) is 0 Å². The lowest BCUT2D eigenvalue weighted by Gasteiger charge is -2.35. The van der Waals surface area contributed by atoms with Gasteiger partial charge in [-0.05, 0) is 48.4 Å². The van der Waals surface area contributed by atoms with E-state index in [1.54, 1.807) is 0 Å². The molecule has 28 heavy (non-hydrogen) atoms. The largest absolute Gasteiger partial charge is 0.369 e. The highest BCUT2D eigenvalue weighted by Gasteiger charge is 2.22. The summed E-state index contributed by atoms with van der Waals surface area (Å²) in [7, 11) is 0. The minimum atomic E-state index is 0.0245. The quantitative estimate of drug-likeness (QED) is 0.740. The molecular formula is C23H26N4O. The van der Waals surface area contributed by atoms with Gasteiger partial charge in [-0.3, -0.25) is 4.79 Å². The molecule has 0 saturated carbocycles. The van der Waals surface area contributed by atoms with Gasteiger partial charge in [0.2, 0.25) is 0 Å². The summed E-state index contributed by atoms with van der Waals surface area (Å²) in [4.78, 5) is 20.9. The minimum absolute atomic E-state index is 0.0245. The van der Waals surface area contributed by atoms with Crippen molar-refractivity contribution in [3.63, 3.8) is 0 Å². The lowest BCUT2D eigenvalue weighted by atomic mass is 10.00. The van der Waals surface area contributed by atoms with Crippen molar-refractivity contribution in [1.82, 2.24) is 15.2 Å². The second kappa shape index (κ2) is 6.99. The molecule has 1 amide bonds. The Morgan fingerprint density at radius 2 is 1.79 bits per heavy atom. The molecule has 2 aromatic carbocycles. The summed E-state index contributed by atoms with van der Waals surface area (Å²) in [6, 6.07) is 14.8. The highest BCUT2D eigenvalue weighted by Crippen LogP contribution is 2.34. The molecule has 2 aliphatic heterocycles. The van der Waals surface area contributed by atoms with Crippen molar-refractivity contribution in [3.05, 3.63) is 53.6 Å². The normalized spacial score (nSPS) is 17.6. The third-order valence-electron chi connectivity index (χ3n) is 6.17. The Kier molecular flexibility index (Phi) is 4.32. The molecule has 3 aromatic rings. The topological polar surface area (TPSA) is 51.4 Å². The van der Waals surface area contributed by atoms with E-state index in [0.29, 0.717) is 6.54 Å². The first-order valence-electron chi connectivity index (χ1n) is 10.2. The van der Waals surface area contributed by atoms with Gasteiger partial charge in [-0.1, -0.05) is 25.1 Å². The number of piperazine rings is 1. The Morgan fingerprint density at radius 1 is 1.00 bits per heavy atom. The Balaban J connectivity index is 1.48. The SMILES string of the molecule is CCN1CCN(c2ccc(-c3[nH]c4cccc5c4c3CCNC5=O)cc2)CC1. The number of benzene rings is 2. The maximum absolute atomic E-state index is 12.4. The number of carbonyl (C=O) groups is 1. The number of nitrogens with zero attached hydrogens (tertiary/aromatic N) is 2. The third-order valence-corrected chi connectivity index (χ3v) is 6.17. The lowest BCUT2D eigenvalue weighted by molar-refractivity contribution is 0.0957. The van der Waals surface area contributed by atoms with Gasteiger partial charge in [-0.2, -0.15) is 0 Å². The van der Waals surface area contributed by atoms with Gasteiger partial charge in [0.25, 0.3) is 5.91 Å². The van der Waals surface area contributed by atoms with E-state index >= 15 is 0 Å². The molecule has 0 radical (unpaired) electrons. The number of H-pyrrole nitrogens is 1. The lowest BCUT2D eigenvalue weighted by Crippen LogP contribution is -2.46. The fourth-order valence-electron chi connectivity index (χ4n) is 4.56. The van der Waals surface area contributed by atoms with Gasteiger partial charge in [-0.15, -0.1) is 0 Å². The van der Waals surface area contributed by atoms with Crippen molar-refractivity contribution in [2.75, 3.05) is 44.2 Å². The zero-order valence-corrected chi connectivity index (χ0v) is 16.3. The van der Waals surface area contributed by atoms with Crippen molar-refractivity contribution >= 4 is 22.5 Å². The summed E-state index contributed by atoms with van der Waals surface area (Å²) in [5, 5.41) is 4.09. The molecule has 2 aliphatic rings. The van der Waals surface area contributed by atoms with E-state index in [0.717, 1.165) is 61.3 Å². The molecule has 1 aromatic heterocycles. The van der Waals surface area contributed by atoms with Crippen LogP contribution in [-0.4, -0.2) is 55.1 Å². The number of carbonyl (C=O) groups excluding carboxylic acids is 1. The summed E-state index contributed by atoms with van der Waals surface area (Å²) in [5.41, 5.74) is 6.67. The van der Waals surface area contributed by atoms with Crippen molar-refractivity contribution in [2.24, 2.45) is 0 Å². The maximum Gasteiger partial charge on any atom is 0.251 e. The molecule has 0 spiro atoms. The average Bonchev–Trinajstić information content (AvgIpc) is 3.03. The molecule has 3 heterocycles. The molecule has 144 valence electrons. The number of anilines is 1. The second-order valence-electron chi connectivity index (χ2n) is 7.68. The summed E-state index contributed by atoms with van der Waals surface area (Å²) >= 11 is 0. The predicted octanol–water partition coefficient (Wildman–Crippen LogP) is 3.26. The van der Waals surface area contributed by atoms with Crippen LogP contribution in [0.25, 0.3) is 22.2 Å². The first-order valence-corrected chi connectivity index (χ1v) is 10.2.